The highest BCUT2D eigenvalue weighted by molar-refractivity contribution is 14.1. The van der Waals surface area contributed by atoms with Gasteiger partial charge in [0.25, 0.3) is 0 Å². The number of piperidine rings is 1. The zero-order valence-electron chi connectivity index (χ0n) is 12.1. The van der Waals surface area contributed by atoms with Gasteiger partial charge in [-0.05, 0) is 59.0 Å². The number of hydrogen-bond donors (Lipinski definition) is 2. The summed E-state index contributed by atoms with van der Waals surface area (Å²) in [5.41, 5.74) is 0.466. The molecule has 21 heavy (non-hydrogen) atoms. The maximum atomic E-state index is 12.3. The Hall–Kier alpha value is -1.31. The Morgan fingerprint density at radius 3 is 2.67 bits per heavy atom. The summed E-state index contributed by atoms with van der Waals surface area (Å²) in [5, 5.41) is 11.9. The Labute approximate surface area is 137 Å². The Morgan fingerprint density at radius 2 is 2.05 bits per heavy atom. The highest BCUT2D eigenvalue weighted by Gasteiger charge is 2.26. The van der Waals surface area contributed by atoms with Gasteiger partial charge in [0.15, 0.2) is 0 Å². The van der Waals surface area contributed by atoms with Crippen LogP contribution >= 0.6 is 22.6 Å². The third-order valence-corrected chi connectivity index (χ3v) is 4.75. The summed E-state index contributed by atoms with van der Waals surface area (Å²) >= 11 is 2.05. The van der Waals surface area contributed by atoms with Crippen LogP contribution in [0.1, 0.15) is 30.6 Å². The molecule has 2 amide bonds. The average Bonchev–Trinajstić information content (AvgIpc) is 2.43. The van der Waals surface area contributed by atoms with Gasteiger partial charge < -0.3 is 15.3 Å². The van der Waals surface area contributed by atoms with Crippen molar-refractivity contribution in [3.8, 4) is 0 Å². The predicted molar refractivity (Wildman–Crippen MR) is 89.7 cm³/mol. The van der Waals surface area contributed by atoms with E-state index in [2.05, 4.69) is 41.8 Å². The van der Waals surface area contributed by atoms with Crippen LogP contribution in [0.25, 0.3) is 0 Å². The van der Waals surface area contributed by atoms with Crippen molar-refractivity contribution in [3.05, 3.63) is 27.3 Å². The number of nitrogens with zero attached hydrogens (tertiary/aromatic N) is 1. The van der Waals surface area contributed by atoms with Gasteiger partial charge in [-0.15, -0.1) is 0 Å². The van der Waals surface area contributed by atoms with Gasteiger partial charge >= 0.3 is 12.0 Å². The fraction of sp³-hybridized carbons (Fsp3) is 0.467. The van der Waals surface area contributed by atoms with E-state index in [1.54, 1.807) is 23.1 Å². The lowest BCUT2D eigenvalue weighted by Crippen LogP contribution is -2.44. The van der Waals surface area contributed by atoms with E-state index < -0.39 is 5.97 Å². The van der Waals surface area contributed by atoms with E-state index in [4.69, 9.17) is 0 Å². The van der Waals surface area contributed by atoms with Gasteiger partial charge in [-0.1, -0.05) is 13.8 Å². The number of amides is 2. The number of anilines is 1. The van der Waals surface area contributed by atoms with Gasteiger partial charge in [0.05, 0.1) is 11.3 Å². The molecular formula is C15H19IN2O3. The normalized spacial score (nSPS) is 22.0. The fourth-order valence-corrected chi connectivity index (χ4v) is 2.94. The molecule has 1 aliphatic heterocycles. The van der Waals surface area contributed by atoms with E-state index >= 15 is 0 Å². The number of carboxylic acids is 1. The highest BCUT2D eigenvalue weighted by Crippen LogP contribution is 2.24. The summed E-state index contributed by atoms with van der Waals surface area (Å²) in [6, 6.07) is 4.75. The van der Waals surface area contributed by atoms with E-state index in [1.165, 1.54) is 0 Å². The van der Waals surface area contributed by atoms with Gasteiger partial charge in [-0.3, -0.25) is 0 Å². The molecule has 1 aliphatic rings. The van der Waals surface area contributed by atoms with Crippen LogP contribution in [-0.2, 0) is 0 Å². The lowest BCUT2D eigenvalue weighted by Gasteiger charge is -2.35. The minimum Gasteiger partial charge on any atom is -0.478 e. The maximum Gasteiger partial charge on any atom is 0.337 e. The Morgan fingerprint density at radius 1 is 1.33 bits per heavy atom. The second-order valence-electron chi connectivity index (χ2n) is 5.61. The van der Waals surface area contributed by atoms with Gasteiger partial charge in [0.2, 0.25) is 0 Å². The number of rotatable bonds is 2. The molecule has 1 heterocycles. The minimum absolute atomic E-state index is 0.119. The molecule has 0 aliphatic carbocycles. The molecule has 114 valence electrons. The number of halogens is 1. The average molecular weight is 402 g/mol. The van der Waals surface area contributed by atoms with Crippen LogP contribution in [0.4, 0.5) is 10.5 Å². The number of urea groups is 1. The molecule has 0 radical (unpaired) electrons. The maximum absolute atomic E-state index is 12.3. The largest absolute Gasteiger partial charge is 0.478 e. The van der Waals surface area contributed by atoms with Crippen LogP contribution in [0.5, 0.6) is 0 Å². The first-order valence-electron chi connectivity index (χ1n) is 6.97. The number of nitrogens with one attached hydrogen (secondary N) is 1. The second kappa shape index (κ2) is 6.64. The smallest absolute Gasteiger partial charge is 0.337 e. The number of aromatic carboxylic acids is 1. The second-order valence-corrected chi connectivity index (χ2v) is 6.86. The zero-order valence-corrected chi connectivity index (χ0v) is 14.3. The number of carboxylic acid groups (broad SMARTS) is 1. The van der Waals surface area contributed by atoms with E-state index in [0.29, 0.717) is 30.6 Å². The molecule has 0 aromatic heterocycles. The molecule has 1 fully saturated rings. The molecule has 2 rings (SSSR count). The van der Waals surface area contributed by atoms with Crippen molar-refractivity contribution in [2.75, 3.05) is 18.4 Å². The van der Waals surface area contributed by atoms with Crippen molar-refractivity contribution < 1.29 is 14.7 Å². The first-order valence-corrected chi connectivity index (χ1v) is 8.05. The quantitative estimate of drug-likeness (QED) is 0.745. The highest BCUT2D eigenvalue weighted by atomic mass is 127. The van der Waals surface area contributed by atoms with Gasteiger partial charge in [-0.25, -0.2) is 9.59 Å². The van der Waals surface area contributed by atoms with Crippen LogP contribution in [-0.4, -0.2) is 35.1 Å². The Bertz CT molecular complexity index is 562. The van der Waals surface area contributed by atoms with Gasteiger partial charge in [-0.2, -0.15) is 0 Å². The molecule has 1 aromatic carbocycles. The van der Waals surface area contributed by atoms with Crippen molar-refractivity contribution in [1.82, 2.24) is 4.90 Å². The van der Waals surface area contributed by atoms with Gasteiger partial charge in [0.1, 0.15) is 0 Å². The van der Waals surface area contributed by atoms with E-state index in [9.17, 15) is 14.7 Å². The van der Waals surface area contributed by atoms with Crippen molar-refractivity contribution in [2.45, 2.75) is 20.3 Å². The molecule has 5 nitrogen and oxygen atoms in total. The van der Waals surface area contributed by atoms with Crippen molar-refractivity contribution in [3.63, 3.8) is 0 Å². The van der Waals surface area contributed by atoms with Crippen molar-refractivity contribution in [1.29, 1.82) is 0 Å². The summed E-state index contributed by atoms with van der Waals surface area (Å²) in [4.78, 5) is 25.3. The number of carbonyl (C=O) groups is 2. The predicted octanol–water partition coefficient (Wildman–Crippen LogP) is 3.50. The van der Waals surface area contributed by atoms with Gasteiger partial charge in [0, 0.05) is 16.7 Å². The molecule has 2 unspecified atom stereocenters. The third kappa shape index (κ3) is 3.87. The van der Waals surface area contributed by atoms with E-state index in [-0.39, 0.29) is 11.6 Å². The zero-order chi connectivity index (χ0) is 15.6. The molecular weight excluding hydrogens is 383 g/mol. The lowest BCUT2D eigenvalue weighted by atomic mass is 9.89. The van der Waals surface area contributed by atoms with Crippen molar-refractivity contribution >= 4 is 40.3 Å². The SMILES string of the molecule is CC1CCN(C(=O)Nc2ccc(I)cc2C(=O)O)CC1C. The molecule has 2 atom stereocenters. The van der Waals surface area contributed by atoms with Crippen LogP contribution < -0.4 is 5.32 Å². The molecule has 0 saturated carbocycles. The van der Waals surface area contributed by atoms with Crippen LogP contribution in [0.3, 0.4) is 0 Å². The standard InChI is InChI=1S/C15H19IN2O3/c1-9-5-6-18(8-10(9)2)15(21)17-13-4-3-11(16)7-12(13)14(19)20/h3-4,7,9-10H,5-6,8H2,1-2H3,(H,17,21)(H,19,20). The summed E-state index contributed by atoms with van der Waals surface area (Å²) in [6.45, 7) is 5.75. The molecule has 2 N–H and O–H groups in total. The molecule has 6 heteroatoms. The summed E-state index contributed by atoms with van der Waals surface area (Å²) in [6.07, 6.45) is 0.979. The molecule has 1 saturated heterocycles. The molecule has 1 aromatic rings. The van der Waals surface area contributed by atoms with Crippen LogP contribution in [0.15, 0.2) is 18.2 Å². The summed E-state index contributed by atoms with van der Waals surface area (Å²) in [5.74, 6) is 0.0338. The number of likely N-dealkylation sites (tertiary alicyclic amines) is 1. The fourth-order valence-electron chi connectivity index (χ4n) is 2.44. The topological polar surface area (TPSA) is 69.6 Å². The summed E-state index contributed by atoms with van der Waals surface area (Å²) < 4.78 is 0.823. The number of benzene rings is 1. The Kier molecular flexibility index (Phi) is 5.08. The summed E-state index contributed by atoms with van der Waals surface area (Å²) in [7, 11) is 0. The first-order chi connectivity index (χ1) is 9.88. The first kappa shape index (κ1) is 16.1. The van der Waals surface area contributed by atoms with Crippen LogP contribution in [0.2, 0.25) is 0 Å². The monoisotopic (exact) mass is 402 g/mol. The van der Waals surface area contributed by atoms with Crippen molar-refractivity contribution in [2.24, 2.45) is 11.8 Å². The number of carbonyl (C=O) groups excluding carboxylic acids is 1. The van der Waals surface area contributed by atoms with E-state index in [1.807, 2.05) is 0 Å². The minimum atomic E-state index is -1.04. The third-order valence-electron chi connectivity index (χ3n) is 4.07. The van der Waals surface area contributed by atoms with Crippen LogP contribution in [0, 0.1) is 15.4 Å². The van der Waals surface area contributed by atoms with E-state index in [0.717, 1.165) is 9.99 Å². The molecule has 0 bridgehead atoms. The lowest BCUT2D eigenvalue weighted by molar-refractivity contribution is 0.0698. The Balaban J connectivity index is 2.11. The molecule has 0 spiro atoms. The number of hydrogen-bond acceptors (Lipinski definition) is 2.